The molecule has 0 aliphatic rings. The molecule has 4 rings (SSSR count). The zero-order chi connectivity index (χ0) is 26.6. The maximum Gasteiger partial charge on any atom is 0.269 e. The van der Waals surface area contributed by atoms with E-state index in [1.54, 1.807) is 56.4 Å². The molecule has 0 radical (unpaired) electrons. The van der Waals surface area contributed by atoms with Gasteiger partial charge in [0, 0.05) is 48.0 Å². The quantitative estimate of drug-likeness (QED) is 0.399. The molecule has 0 fully saturated rings. The van der Waals surface area contributed by atoms with Crippen molar-refractivity contribution >= 4 is 17.5 Å². The van der Waals surface area contributed by atoms with E-state index in [9.17, 15) is 19.2 Å². The van der Waals surface area contributed by atoms with Crippen LogP contribution in [0.1, 0.15) is 40.4 Å². The van der Waals surface area contributed by atoms with E-state index >= 15 is 0 Å². The van der Waals surface area contributed by atoms with E-state index in [4.69, 9.17) is 0 Å². The molecule has 37 heavy (non-hydrogen) atoms. The van der Waals surface area contributed by atoms with Crippen LogP contribution in [-0.2, 0) is 5.41 Å². The monoisotopic (exact) mass is 494 g/mol. The first-order chi connectivity index (χ1) is 17.7. The fourth-order valence-corrected chi connectivity index (χ4v) is 3.60. The Morgan fingerprint density at radius 2 is 1.62 bits per heavy atom. The Balaban J connectivity index is 1.63. The van der Waals surface area contributed by atoms with E-state index in [1.807, 2.05) is 0 Å². The zero-order valence-corrected chi connectivity index (χ0v) is 20.4. The second-order valence-electron chi connectivity index (χ2n) is 8.75. The Bertz CT molecular complexity index is 1540. The summed E-state index contributed by atoms with van der Waals surface area (Å²) in [6.45, 7) is 3.44. The number of anilines is 1. The van der Waals surface area contributed by atoms with Crippen molar-refractivity contribution in [3.63, 3.8) is 0 Å². The highest BCUT2D eigenvalue weighted by atomic mass is 19.1. The molecule has 8 nitrogen and oxygen atoms in total. The molecule has 0 saturated carbocycles. The molecule has 0 atom stereocenters. The van der Waals surface area contributed by atoms with Gasteiger partial charge in [-0.3, -0.25) is 24.5 Å². The van der Waals surface area contributed by atoms with Crippen molar-refractivity contribution in [3.8, 4) is 28.5 Å². The molecule has 2 N–H and O–H groups in total. The van der Waals surface area contributed by atoms with E-state index in [1.165, 1.54) is 37.6 Å². The second kappa shape index (κ2) is 10.3. The van der Waals surface area contributed by atoms with Crippen LogP contribution in [0.5, 0.6) is 0 Å². The second-order valence-corrected chi connectivity index (χ2v) is 8.75. The average molecular weight is 495 g/mol. The molecular weight excluding hydrogens is 471 g/mol. The minimum atomic E-state index is -0.853. The third-order valence-electron chi connectivity index (χ3n) is 5.75. The number of nitriles is 1. The Labute approximate surface area is 213 Å². The summed E-state index contributed by atoms with van der Waals surface area (Å²) in [6, 6.07) is 16.2. The fraction of sp³-hybridized carbons (Fsp3) is 0.143. The molecule has 9 heteroatoms. The van der Waals surface area contributed by atoms with E-state index in [0.717, 1.165) is 0 Å². The molecule has 0 saturated heterocycles. The summed E-state index contributed by atoms with van der Waals surface area (Å²) >= 11 is 0. The van der Waals surface area contributed by atoms with Crippen molar-refractivity contribution in [3.05, 3.63) is 96.0 Å². The number of carbonyl (C=O) groups is 2. The summed E-state index contributed by atoms with van der Waals surface area (Å²) < 4.78 is 14.9. The number of amides is 2. The number of hydrogen-bond acceptors (Lipinski definition) is 6. The van der Waals surface area contributed by atoms with Crippen molar-refractivity contribution < 1.29 is 14.0 Å². The van der Waals surface area contributed by atoms with Gasteiger partial charge in [0.1, 0.15) is 11.5 Å². The van der Waals surface area contributed by atoms with Gasteiger partial charge in [0.2, 0.25) is 0 Å². The van der Waals surface area contributed by atoms with Crippen molar-refractivity contribution in [2.45, 2.75) is 19.3 Å². The molecule has 3 heterocycles. The first kappa shape index (κ1) is 25.1. The van der Waals surface area contributed by atoms with Gasteiger partial charge < -0.3 is 10.6 Å². The van der Waals surface area contributed by atoms with Gasteiger partial charge in [-0.2, -0.15) is 5.26 Å². The average Bonchev–Trinajstić information content (AvgIpc) is 2.93. The number of nitrogens with one attached hydrogen (secondary N) is 2. The topological polar surface area (TPSA) is 121 Å². The van der Waals surface area contributed by atoms with Crippen molar-refractivity contribution in [2.75, 3.05) is 12.4 Å². The number of hydrogen-bond donors (Lipinski definition) is 2. The molecule has 184 valence electrons. The van der Waals surface area contributed by atoms with E-state index in [-0.39, 0.29) is 17.2 Å². The minimum absolute atomic E-state index is 0.237. The van der Waals surface area contributed by atoms with Crippen LogP contribution in [0.4, 0.5) is 10.1 Å². The van der Waals surface area contributed by atoms with Gasteiger partial charge in [-0.15, -0.1) is 0 Å². The van der Waals surface area contributed by atoms with Gasteiger partial charge in [0.15, 0.2) is 0 Å². The summed E-state index contributed by atoms with van der Waals surface area (Å²) in [5.41, 5.74) is 2.56. The van der Waals surface area contributed by atoms with Crippen LogP contribution >= 0.6 is 0 Å². The van der Waals surface area contributed by atoms with E-state index < -0.39 is 17.1 Å². The number of carbonyl (C=O) groups excluding carboxylic acids is 2. The van der Waals surface area contributed by atoms with Crippen molar-refractivity contribution in [2.24, 2.45) is 0 Å². The van der Waals surface area contributed by atoms with Crippen LogP contribution in [0.25, 0.3) is 22.4 Å². The van der Waals surface area contributed by atoms with Gasteiger partial charge in [-0.1, -0.05) is 0 Å². The van der Waals surface area contributed by atoms with Crippen LogP contribution in [0.15, 0.2) is 73.2 Å². The SMILES string of the molecule is CNC(=O)c1cc(-c2cc(-c3cc(NC(=O)c4ccnc(C(C)(C)C#N)c4)ccc3F)ccn2)ccn1. The maximum absolute atomic E-state index is 14.9. The Morgan fingerprint density at radius 1 is 0.892 bits per heavy atom. The lowest BCUT2D eigenvalue weighted by Gasteiger charge is -2.15. The molecule has 1 aromatic carbocycles. The van der Waals surface area contributed by atoms with Crippen LogP contribution < -0.4 is 10.6 Å². The third kappa shape index (κ3) is 5.49. The van der Waals surface area contributed by atoms with Crippen LogP contribution in [0.3, 0.4) is 0 Å². The number of rotatable bonds is 6. The lowest BCUT2D eigenvalue weighted by molar-refractivity contribution is 0.0957. The van der Waals surface area contributed by atoms with Gasteiger partial charge in [-0.25, -0.2) is 4.39 Å². The normalized spacial score (nSPS) is 10.9. The molecule has 4 aromatic rings. The van der Waals surface area contributed by atoms with E-state index in [0.29, 0.717) is 33.8 Å². The summed E-state index contributed by atoms with van der Waals surface area (Å²) in [5, 5.41) is 14.7. The Morgan fingerprint density at radius 3 is 2.38 bits per heavy atom. The fourth-order valence-electron chi connectivity index (χ4n) is 3.60. The maximum atomic E-state index is 14.9. The highest BCUT2D eigenvalue weighted by Crippen LogP contribution is 2.29. The molecule has 0 unspecified atom stereocenters. The third-order valence-corrected chi connectivity index (χ3v) is 5.75. The molecule has 0 aliphatic heterocycles. The smallest absolute Gasteiger partial charge is 0.269 e. The predicted molar refractivity (Wildman–Crippen MR) is 137 cm³/mol. The number of pyridine rings is 3. The molecule has 0 bridgehead atoms. The van der Waals surface area contributed by atoms with Crippen LogP contribution in [-0.4, -0.2) is 33.8 Å². The molecular formula is C28H23FN6O2. The van der Waals surface area contributed by atoms with Crippen molar-refractivity contribution in [1.82, 2.24) is 20.3 Å². The largest absolute Gasteiger partial charge is 0.354 e. The first-order valence-corrected chi connectivity index (χ1v) is 11.4. The summed E-state index contributed by atoms with van der Waals surface area (Å²) in [6.07, 6.45) is 4.53. The van der Waals surface area contributed by atoms with E-state index in [2.05, 4.69) is 31.7 Å². The zero-order valence-electron chi connectivity index (χ0n) is 20.4. The van der Waals surface area contributed by atoms with Crippen LogP contribution in [0, 0.1) is 17.1 Å². The molecule has 2 amide bonds. The van der Waals surface area contributed by atoms with Gasteiger partial charge >= 0.3 is 0 Å². The number of benzene rings is 1. The summed E-state index contributed by atoms with van der Waals surface area (Å²) in [7, 11) is 1.52. The summed E-state index contributed by atoms with van der Waals surface area (Å²) in [5.74, 6) is -1.22. The number of nitrogens with zero attached hydrogens (tertiary/aromatic N) is 4. The number of aromatic nitrogens is 3. The molecule has 0 spiro atoms. The minimum Gasteiger partial charge on any atom is -0.354 e. The van der Waals surface area contributed by atoms with Gasteiger partial charge in [0.05, 0.1) is 22.9 Å². The Hall–Kier alpha value is -4.97. The van der Waals surface area contributed by atoms with Crippen molar-refractivity contribution in [1.29, 1.82) is 5.26 Å². The van der Waals surface area contributed by atoms with Gasteiger partial charge in [-0.05, 0) is 74.0 Å². The molecule has 0 aliphatic carbocycles. The summed E-state index contributed by atoms with van der Waals surface area (Å²) in [4.78, 5) is 37.5. The highest BCUT2D eigenvalue weighted by molar-refractivity contribution is 6.04. The first-order valence-electron chi connectivity index (χ1n) is 11.4. The Kier molecular flexibility index (Phi) is 7.02. The lowest BCUT2D eigenvalue weighted by Crippen LogP contribution is -2.19. The van der Waals surface area contributed by atoms with Gasteiger partial charge in [0.25, 0.3) is 11.8 Å². The lowest BCUT2D eigenvalue weighted by atomic mass is 9.90. The van der Waals surface area contributed by atoms with Crippen LogP contribution in [0.2, 0.25) is 0 Å². The standard InChI is InChI=1S/C28H23FN6O2/c1-28(2,16-30)25-14-19(8-11-34-25)26(36)35-20-4-5-22(29)21(15-20)17-6-9-32-23(12-17)18-7-10-33-24(13-18)27(37)31-3/h4-15H,1-3H3,(H,31,37)(H,35,36). The predicted octanol–water partition coefficient (Wildman–Crippen LogP) is 4.76. The molecule has 3 aromatic heterocycles. The highest BCUT2D eigenvalue weighted by Gasteiger charge is 2.22. The number of halogens is 1.